The standard InChI is InChI=1S/C35H37Cl2N5O6/c1-17-12-20(13-18(2)48-17)38-31-27(43)15-19-14-26(40-33(47-5)28(19)31)23-10-6-8-21(29(23)36)22-9-7-11-25(30(22)37)39-32(44)24-16-41(3)35(46)42(4)34(24)45/h6-11,14,16-18,20,27,31,38,43H,12-13,15H2,1-5H3,(H,39,44). The maximum atomic E-state index is 13.1. The topological polar surface area (TPSA) is 137 Å². The van der Waals surface area contributed by atoms with E-state index in [2.05, 4.69) is 24.5 Å². The van der Waals surface area contributed by atoms with Crippen LogP contribution in [-0.4, -0.2) is 56.6 Å². The lowest BCUT2D eigenvalue weighted by Gasteiger charge is -2.35. The Balaban J connectivity index is 1.32. The van der Waals surface area contributed by atoms with Crippen LogP contribution < -0.4 is 26.6 Å². The fraction of sp³-hybridized carbons (Fsp3) is 0.371. The van der Waals surface area contributed by atoms with Crippen LogP contribution in [0.25, 0.3) is 22.4 Å². The Kier molecular flexibility index (Phi) is 9.52. The van der Waals surface area contributed by atoms with Gasteiger partial charge in [-0.05, 0) is 44.4 Å². The van der Waals surface area contributed by atoms with E-state index in [-0.39, 0.29) is 40.6 Å². The Hall–Kier alpha value is -4.00. The van der Waals surface area contributed by atoms with Crippen molar-refractivity contribution < 1.29 is 19.4 Å². The minimum Gasteiger partial charge on any atom is -0.481 e. The summed E-state index contributed by atoms with van der Waals surface area (Å²) < 4.78 is 13.7. The van der Waals surface area contributed by atoms with Crippen molar-refractivity contribution in [3.05, 3.63) is 96.2 Å². The van der Waals surface area contributed by atoms with E-state index in [1.54, 1.807) is 25.3 Å². The summed E-state index contributed by atoms with van der Waals surface area (Å²) in [6, 6.07) is 12.4. The van der Waals surface area contributed by atoms with Gasteiger partial charge in [0.1, 0.15) is 5.56 Å². The number of fused-ring (bicyclic) bond motifs is 1. The van der Waals surface area contributed by atoms with Gasteiger partial charge in [-0.2, -0.15) is 0 Å². The molecule has 0 bridgehead atoms. The highest BCUT2D eigenvalue weighted by molar-refractivity contribution is 6.39. The number of nitrogens with one attached hydrogen (secondary N) is 2. The van der Waals surface area contributed by atoms with Gasteiger partial charge in [0.15, 0.2) is 0 Å². The summed E-state index contributed by atoms with van der Waals surface area (Å²) in [5.41, 5.74) is 2.88. The molecule has 252 valence electrons. The zero-order valence-electron chi connectivity index (χ0n) is 27.2. The summed E-state index contributed by atoms with van der Waals surface area (Å²) in [5.74, 6) is -0.297. The number of aliphatic hydroxyl groups is 1. The van der Waals surface area contributed by atoms with Gasteiger partial charge in [-0.25, -0.2) is 9.78 Å². The van der Waals surface area contributed by atoms with Crippen molar-refractivity contribution in [1.82, 2.24) is 19.4 Å². The first-order valence-electron chi connectivity index (χ1n) is 15.7. The summed E-state index contributed by atoms with van der Waals surface area (Å²) in [5, 5.41) is 18.1. The molecule has 1 amide bonds. The molecule has 1 aliphatic carbocycles. The number of aromatic nitrogens is 3. The summed E-state index contributed by atoms with van der Waals surface area (Å²) >= 11 is 13.9. The normalized spacial score (nSPS) is 22.0. The molecular formula is C35H37Cl2N5O6. The van der Waals surface area contributed by atoms with E-state index in [0.717, 1.165) is 33.1 Å². The number of rotatable bonds is 7. The van der Waals surface area contributed by atoms with Crippen molar-refractivity contribution in [2.75, 3.05) is 12.4 Å². The van der Waals surface area contributed by atoms with Crippen LogP contribution in [-0.2, 0) is 25.3 Å². The van der Waals surface area contributed by atoms with E-state index in [9.17, 15) is 19.5 Å². The zero-order valence-corrected chi connectivity index (χ0v) is 28.7. The fourth-order valence-corrected chi connectivity index (χ4v) is 7.43. The number of ether oxygens (including phenoxy) is 2. The number of hydrogen-bond donors (Lipinski definition) is 3. The van der Waals surface area contributed by atoms with Crippen LogP contribution in [0.2, 0.25) is 10.0 Å². The van der Waals surface area contributed by atoms with Gasteiger partial charge in [-0.1, -0.05) is 53.5 Å². The lowest BCUT2D eigenvalue weighted by Crippen LogP contribution is -2.44. The molecule has 13 heteroatoms. The molecule has 2 aromatic heterocycles. The molecule has 1 aliphatic heterocycles. The molecule has 0 radical (unpaired) electrons. The number of methoxy groups -OCH3 is 1. The summed E-state index contributed by atoms with van der Waals surface area (Å²) in [7, 11) is 4.33. The second-order valence-electron chi connectivity index (χ2n) is 12.5. The van der Waals surface area contributed by atoms with E-state index >= 15 is 0 Å². The van der Waals surface area contributed by atoms with Crippen LogP contribution >= 0.6 is 23.2 Å². The third-order valence-corrected chi connectivity index (χ3v) is 9.86. The largest absolute Gasteiger partial charge is 0.481 e. The number of aliphatic hydroxyl groups excluding tert-OH is 1. The minimum atomic E-state index is -0.724. The molecule has 6 rings (SSSR count). The van der Waals surface area contributed by atoms with Gasteiger partial charge >= 0.3 is 5.69 Å². The second-order valence-corrected chi connectivity index (χ2v) is 13.3. The van der Waals surface area contributed by atoms with Gasteiger partial charge in [0.25, 0.3) is 11.5 Å². The average molecular weight is 695 g/mol. The quantitative estimate of drug-likeness (QED) is 0.249. The van der Waals surface area contributed by atoms with Gasteiger partial charge < -0.3 is 29.8 Å². The number of carbonyl (C=O) groups excluding carboxylic acids is 1. The molecule has 1 fully saturated rings. The molecule has 48 heavy (non-hydrogen) atoms. The van der Waals surface area contributed by atoms with E-state index in [1.165, 1.54) is 20.3 Å². The molecule has 4 aromatic rings. The van der Waals surface area contributed by atoms with Crippen molar-refractivity contribution in [2.24, 2.45) is 14.1 Å². The molecule has 2 aromatic carbocycles. The Bertz CT molecular complexity index is 2020. The summed E-state index contributed by atoms with van der Waals surface area (Å²) in [6.45, 7) is 4.13. The summed E-state index contributed by atoms with van der Waals surface area (Å²) in [4.78, 5) is 42.7. The molecular weight excluding hydrogens is 657 g/mol. The molecule has 3 N–H and O–H groups in total. The number of aryl methyl sites for hydroxylation is 1. The molecule has 0 spiro atoms. The molecule has 2 aliphatic rings. The van der Waals surface area contributed by atoms with Crippen molar-refractivity contribution in [3.8, 4) is 28.3 Å². The van der Waals surface area contributed by atoms with Crippen molar-refractivity contribution in [3.63, 3.8) is 0 Å². The number of carbonyl (C=O) groups is 1. The third kappa shape index (κ3) is 6.28. The monoisotopic (exact) mass is 693 g/mol. The Morgan fingerprint density at radius 1 is 1.02 bits per heavy atom. The maximum absolute atomic E-state index is 13.1. The van der Waals surface area contributed by atoms with Gasteiger partial charge in [-0.15, -0.1) is 0 Å². The molecule has 4 atom stereocenters. The summed E-state index contributed by atoms with van der Waals surface area (Å²) in [6.07, 6.45) is 2.91. The predicted molar refractivity (Wildman–Crippen MR) is 185 cm³/mol. The number of anilines is 1. The first-order chi connectivity index (χ1) is 22.9. The number of halogens is 2. The number of benzene rings is 2. The SMILES string of the molecule is COc1nc(-c2cccc(-c3cccc(NC(=O)c4cn(C)c(=O)n(C)c4=O)c3Cl)c2Cl)cc2c1C(NC1CC(C)OC(C)C1)C(O)C2. The van der Waals surface area contributed by atoms with Gasteiger partial charge in [-0.3, -0.25) is 14.2 Å². The first kappa shape index (κ1) is 33.9. The first-order valence-corrected chi connectivity index (χ1v) is 16.5. The Morgan fingerprint density at radius 3 is 2.35 bits per heavy atom. The zero-order chi connectivity index (χ0) is 34.4. The highest BCUT2D eigenvalue weighted by Gasteiger charge is 2.38. The molecule has 3 heterocycles. The van der Waals surface area contributed by atoms with Crippen LogP contribution in [0, 0.1) is 0 Å². The van der Waals surface area contributed by atoms with Crippen LogP contribution in [0.5, 0.6) is 5.88 Å². The number of nitrogens with zero attached hydrogens (tertiary/aromatic N) is 3. The fourth-order valence-electron chi connectivity index (χ4n) is 6.83. The Morgan fingerprint density at radius 2 is 1.67 bits per heavy atom. The molecule has 0 saturated carbocycles. The van der Waals surface area contributed by atoms with Crippen LogP contribution in [0.1, 0.15) is 54.2 Å². The van der Waals surface area contributed by atoms with Crippen LogP contribution in [0.4, 0.5) is 5.69 Å². The van der Waals surface area contributed by atoms with Crippen LogP contribution in [0.3, 0.4) is 0 Å². The van der Waals surface area contributed by atoms with E-state index in [1.807, 2.05) is 24.3 Å². The predicted octanol–water partition coefficient (Wildman–Crippen LogP) is 4.88. The smallest absolute Gasteiger partial charge is 0.330 e. The molecule has 11 nitrogen and oxygen atoms in total. The molecule has 4 unspecified atom stereocenters. The highest BCUT2D eigenvalue weighted by atomic mass is 35.5. The average Bonchev–Trinajstić information content (AvgIpc) is 3.36. The van der Waals surface area contributed by atoms with E-state index in [4.69, 9.17) is 37.7 Å². The van der Waals surface area contributed by atoms with Crippen molar-refractivity contribution in [1.29, 1.82) is 0 Å². The van der Waals surface area contributed by atoms with Crippen molar-refractivity contribution in [2.45, 2.75) is 63.5 Å². The number of pyridine rings is 1. The van der Waals surface area contributed by atoms with Gasteiger partial charge in [0.05, 0.1) is 52.9 Å². The third-order valence-electron chi connectivity index (χ3n) is 9.04. The van der Waals surface area contributed by atoms with E-state index in [0.29, 0.717) is 39.7 Å². The molecule has 1 saturated heterocycles. The van der Waals surface area contributed by atoms with E-state index < -0.39 is 23.3 Å². The highest BCUT2D eigenvalue weighted by Crippen LogP contribution is 2.44. The van der Waals surface area contributed by atoms with Gasteiger partial charge in [0.2, 0.25) is 5.88 Å². The minimum absolute atomic E-state index is 0.126. The van der Waals surface area contributed by atoms with Crippen molar-refractivity contribution >= 4 is 34.8 Å². The number of hydrogen-bond acceptors (Lipinski definition) is 8. The lowest BCUT2D eigenvalue weighted by atomic mass is 9.97. The maximum Gasteiger partial charge on any atom is 0.330 e. The van der Waals surface area contributed by atoms with Crippen LogP contribution in [0.15, 0.2) is 58.3 Å². The second kappa shape index (κ2) is 13.5. The van der Waals surface area contributed by atoms with Gasteiger partial charge in [0, 0.05) is 55.0 Å². The number of amides is 1. The Labute approximate surface area is 287 Å². The lowest BCUT2D eigenvalue weighted by molar-refractivity contribution is -0.0460.